The second-order valence-corrected chi connectivity index (χ2v) is 11.1. The van der Waals surface area contributed by atoms with Crippen LogP contribution < -0.4 is 10.3 Å². The highest BCUT2D eigenvalue weighted by atomic mass is 35.5. The van der Waals surface area contributed by atoms with Crippen LogP contribution in [0.2, 0.25) is 10.0 Å². The van der Waals surface area contributed by atoms with Gasteiger partial charge in [-0.3, -0.25) is 9.36 Å². The number of benzene rings is 2. The molecule has 7 heteroatoms. The summed E-state index contributed by atoms with van der Waals surface area (Å²) in [6.45, 7) is 6.25. The van der Waals surface area contributed by atoms with Crippen LogP contribution in [0.3, 0.4) is 0 Å². The summed E-state index contributed by atoms with van der Waals surface area (Å²) in [6, 6.07) is 13.0. The van der Waals surface area contributed by atoms with Gasteiger partial charge in [-0.05, 0) is 60.9 Å². The Bertz CT molecular complexity index is 1580. The number of aryl methyl sites for hydroxylation is 1. The molecule has 4 nitrogen and oxygen atoms in total. The van der Waals surface area contributed by atoms with Gasteiger partial charge in [-0.25, -0.2) is 4.98 Å². The van der Waals surface area contributed by atoms with Crippen LogP contribution in [0, 0.1) is 6.92 Å². The highest BCUT2D eigenvalue weighted by Crippen LogP contribution is 2.45. The van der Waals surface area contributed by atoms with Gasteiger partial charge in [0.2, 0.25) is 0 Å². The van der Waals surface area contributed by atoms with E-state index in [1.165, 1.54) is 4.88 Å². The molecule has 2 aromatic heterocycles. The first kappa shape index (κ1) is 23.9. The third-order valence-electron chi connectivity index (χ3n) is 6.28. The molecule has 178 valence electrons. The van der Waals surface area contributed by atoms with Gasteiger partial charge in [0.1, 0.15) is 16.4 Å². The second kappa shape index (κ2) is 8.98. The Kier molecular flexibility index (Phi) is 6.12. The number of thiophene rings is 1. The minimum Gasteiger partial charge on any atom is -0.497 e. The SMILES string of the molecule is COc1ccc(/C=C/C2=Cc3c(sc4nc(C)n(-c5cc(Cl)ccc5Cl)c(=O)c34)C(C)(C)C2)cc1. The summed E-state index contributed by atoms with van der Waals surface area (Å²) in [5.41, 5.74) is 3.45. The van der Waals surface area contributed by atoms with Gasteiger partial charge in [-0.2, -0.15) is 0 Å². The lowest BCUT2D eigenvalue weighted by atomic mass is 9.77. The smallest absolute Gasteiger partial charge is 0.267 e. The Morgan fingerprint density at radius 3 is 2.57 bits per heavy atom. The number of aromatic nitrogens is 2. The molecule has 0 atom stereocenters. The van der Waals surface area contributed by atoms with E-state index in [4.69, 9.17) is 32.9 Å². The molecular weight excluding hydrogens is 499 g/mol. The first-order valence-electron chi connectivity index (χ1n) is 11.2. The highest BCUT2D eigenvalue weighted by Gasteiger charge is 2.33. The fraction of sp³-hybridized carbons (Fsp3) is 0.214. The lowest BCUT2D eigenvalue weighted by Gasteiger charge is -2.29. The number of fused-ring (bicyclic) bond motifs is 3. The van der Waals surface area contributed by atoms with E-state index in [0.717, 1.165) is 33.7 Å². The van der Waals surface area contributed by atoms with Crippen LogP contribution in [0.15, 0.2) is 58.9 Å². The Hall–Kier alpha value is -2.86. The second-order valence-electron chi connectivity index (χ2n) is 9.31. The Morgan fingerprint density at radius 2 is 1.86 bits per heavy atom. The van der Waals surface area contributed by atoms with Crippen molar-refractivity contribution in [1.82, 2.24) is 9.55 Å². The molecule has 0 spiro atoms. The van der Waals surface area contributed by atoms with E-state index in [1.54, 1.807) is 41.2 Å². The predicted molar refractivity (Wildman–Crippen MR) is 148 cm³/mol. The Morgan fingerprint density at radius 1 is 1.11 bits per heavy atom. The summed E-state index contributed by atoms with van der Waals surface area (Å²) in [6.07, 6.45) is 7.21. The molecule has 0 radical (unpaired) electrons. The van der Waals surface area contributed by atoms with E-state index in [-0.39, 0.29) is 11.0 Å². The number of hydrogen-bond donors (Lipinski definition) is 0. The molecule has 0 fully saturated rings. The molecule has 2 heterocycles. The lowest BCUT2D eigenvalue weighted by Crippen LogP contribution is -2.24. The number of ether oxygens (including phenoxy) is 1. The minimum absolute atomic E-state index is 0.131. The van der Waals surface area contributed by atoms with Crippen LogP contribution >= 0.6 is 34.5 Å². The Balaban J connectivity index is 1.67. The minimum atomic E-state index is -0.137. The zero-order valence-corrected chi connectivity index (χ0v) is 22.2. The lowest BCUT2D eigenvalue weighted by molar-refractivity contribution is 0.415. The average Bonchev–Trinajstić information content (AvgIpc) is 3.19. The maximum absolute atomic E-state index is 13.9. The van der Waals surface area contributed by atoms with Gasteiger partial charge < -0.3 is 4.74 Å². The molecule has 0 bridgehead atoms. The Labute approximate surface area is 218 Å². The van der Waals surface area contributed by atoms with Crippen molar-refractivity contribution in [1.29, 1.82) is 0 Å². The summed E-state index contributed by atoms with van der Waals surface area (Å²) in [7, 11) is 1.66. The third-order valence-corrected chi connectivity index (χ3v) is 8.30. The summed E-state index contributed by atoms with van der Waals surface area (Å²) >= 11 is 14.3. The number of nitrogens with zero attached hydrogens (tertiary/aromatic N) is 2. The van der Waals surface area contributed by atoms with Crippen LogP contribution in [0.4, 0.5) is 0 Å². The molecule has 4 aromatic rings. The maximum Gasteiger partial charge on any atom is 0.267 e. The quantitative estimate of drug-likeness (QED) is 0.274. The zero-order valence-electron chi connectivity index (χ0n) is 19.9. The fourth-order valence-electron chi connectivity index (χ4n) is 4.61. The summed E-state index contributed by atoms with van der Waals surface area (Å²) in [4.78, 5) is 20.6. The molecular formula is C28H24Cl2N2O2S. The van der Waals surface area contributed by atoms with Crippen LogP contribution in [-0.4, -0.2) is 16.7 Å². The van der Waals surface area contributed by atoms with Gasteiger partial charge in [-0.15, -0.1) is 11.3 Å². The number of rotatable bonds is 4. The van der Waals surface area contributed by atoms with Gasteiger partial charge in [-0.1, -0.05) is 61.3 Å². The maximum atomic E-state index is 13.9. The first-order valence-corrected chi connectivity index (χ1v) is 12.8. The van der Waals surface area contributed by atoms with Crippen LogP contribution in [0.1, 0.15) is 42.1 Å². The van der Waals surface area contributed by atoms with E-state index in [9.17, 15) is 4.79 Å². The molecule has 2 aromatic carbocycles. The molecule has 1 aliphatic carbocycles. The molecule has 0 saturated heterocycles. The molecule has 0 saturated carbocycles. The van der Waals surface area contributed by atoms with Gasteiger partial charge in [0.15, 0.2) is 0 Å². The summed E-state index contributed by atoms with van der Waals surface area (Å²) in [5.74, 6) is 1.40. The highest BCUT2D eigenvalue weighted by molar-refractivity contribution is 7.19. The van der Waals surface area contributed by atoms with E-state index in [2.05, 4.69) is 32.1 Å². The van der Waals surface area contributed by atoms with Gasteiger partial charge in [0, 0.05) is 20.9 Å². The van der Waals surface area contributed by atoms with E-state index >= 15 is 0 Å². The van der Waals surface area contributed by atoms with E-state index in [0.29, 0.717) is 26.9 Å². The third kappa shape index (κ3) is 4.33. The van der Waals surface area contributed by atoms with Crippen LogP contribution in [-0.2, 0) is 5.41 Å². The molecule has 0 unspecified atom stereocenters. The van der Waals surface area contributed by atoms with Crippen molar-refractivity contribution in [3.05, 3.63) is 96.3 Å². The average molecular weight is 523 g/mol. The molecule has 5 rings (SSSR count). The van der Waals surface area contributed by atoms with Crippen molar-refractivity contribution in [3.63, 3.8) is 0 Å². The fourth-order valence-corrected chi connectivity index (χ4v) is 6.26. The van der Waals surface area contributed by atoms with Crippen molar-refractivity contribution in [2.75, 3.05) is 7.11 Å². The number of hydrogen-bond acceptors (Lipinski definition) is 4. The van der Waals surface area contributed by atoms with Gasteiger partial charge in [0.05, 0.1) is 23.2 Å². The predicted octanol–water partition coefficient (Wildman–Crippen LogP) is 7.85. The van der Waals surface area contributed by atoms with Gasteiger partial charge in [0.25, 0.3) is 5.56 Å². The molecule has 0 N–H and O–H groups in total. The summed E-state index contributed by atoms with van der Waals surface area (Å²) < 4.78 is 6.81. The molecule has 35 heavy (non-hydrogen) atoms. The largest absolute Gasteiger partial charge is 0.497 e. The van der Waals surface area contributed by atoms with Crippen molar-refractivity contribution in [2.45, 2.75) is 32.6 Å². The summed E-state index contributed by atoms with van der Waals surface area (Å²) in [5, 5.41) is 1.58. The monoisotopic (exact) mass is 522 g/mol. The van der Waals surface area contributed by atoms with Crippen molar-refractivity contribution >= 4 is 56.9 Å². The molecule has 1 aliphatic rings. The van der Waals surface area contributed by atoms with E-state index < -0.39 is 0 Å². The number of allylic oxidation sites excluding steroid dienone is 2. The normalized spacial score (nSPS) is 14.9. The van der Waals surface area contributed by atoms with Crippen LogP contribution in [0.25, 0.3) is 28.1 Å². The first-order chi connectivity index (χ1) is 16.7. The topological polar surface area (TPSA) is 44.1 Å². The zero-order chi connectivity index (χ0) is 24.9. The van der Waals surface area contributed by atoms with Crippen molar-refractivity contribution in [3.8, 4) is 11.4 Å². The van der Waals surface area contributed by atoms with Gasteiger partial charge >= 0.3 is 0 Å². The van der Waals surface area contributed by atoms with Crippen molar-refractivity contribution < 1.29 is 4.74 Å². The number of methoxy groups -OCH3 is 1. The van der Waals surface area contributed by atoms with E-state index in [1.807, 2.05) is 31.2 Å². The van der Waals surface area contributed by atoms with Crippen molar-refractivity contribution in [2.24, 2.45) is 0 Å². The molecule has 0 amide bonds. The standard InChI is InChI=1S/C28H24Cl2N2O2S/c1-16-31-26-24(27(33)32(16)23-14-19(29)9-12-22(23)30)21-13-18(15-28(2,3)25(21)35-26)6-5-17-7-10-20(34-4)11-8-17/h5-14H,15H2,1-4H3/b6-5+. The number of halogens is 2. The van der Waals surface area contributed by atoms with Crippen LogP contribution in [0.5, 0.6) is 5.75 Å². The molecule has 0 aliphatic heterocycles.